The van der Waals surface area contributed by atoms with E-state index >= 15 is 0 Å². The molecule has 94 valence electrons. The summed E-state index contributed by atoms with van der Waals surface area (Å²) in [5.41, 5.74) is 0. The summed E-state index contributed by atoms with van der Waals surface area (Å²) < 4.78 is 10.7. The van der Waals surface area contributed by atoms with Crippen LogP contribution >= 0.6 is 0 Å². The highest BCUT2D eigenvalue weighted by molar-refractivity contribution is 7.84. The first kappa shape index (κ1) is 15.1. The van der Waals surface area contributed by atoms with Crippen LogP contribution in [0.25, 0.3) is 0 Å². The van der Waals surface area contributed by atoms with Gasteiger partial charge in [-0.1, -0.05) is 6.92 Å². The Hall–Kier alpha value is -0.910. The second-order valence-corrected chi connectivity index (χ2v) is 5.44. The Kier molecular flexibility index (Phi) is 7.80. The average Bonchev–Trinajstić information content (AvgIpc) is 2.10. The van der Waals surface area contributed by atoms with Crippen molar-refractivity contribution in [2.24, 2.45) is 5.92 Å². The minimum atomic E-state index is -0.887. The molecule has 6 heteroatoms. The van der Waals surface area contributed by atoms with Crippen LogP contribution in [0.5, 0.6) is 0 Å². The summed E-state index contributed by atoms with van der Waals surface area (Å²) in [4.78, 5) is 21.7. The SMILES string of the molecule is CC(CC(=O)O)CC(=O)NCCCS(C)=O. The van der Waals surface area contributed by atoms with E-state index in [9.17, 15) is 13.8 Å². The van der Waals surface area contributed by atoms with E-state index in [1.807, 2.05) is 0 Å². The molecular formula is C10H19NO4S. The molecular weight excluding hydrogens is 230 g/mol. The molecule has 0 saturated carbocycles. The summed E-state index contributed by atoms with van der Waals surface area (Å²) in [7, 11) is -0.828. The fraction of sp³-hybridized carbons (Fsp3) is 0.800. The molecule has 0 aromatic rings. The standard InChI is InChI=1S/C10H19NO4S/c1-8(7-10(13)14)6-9(12)11-4-3-5-16(2)15/h8H,3-7H2,1-2H3,(H,11,12)(H,13,14). The van der Waals surface area contributed by atoms with Crippen molar-refractivity contribution in [2.75, 3.05) is 18.6 Å². The zero-order valence-corrected chi connectivity index (χ0v) is 10.5. The first-order chi connectivity index (χ1) is 7.41. The normalized spacial score (nSPS) is 14.1. The lowest BCUT2D eigenvalue weighted by Crippen LogP contribution is -2.27. The van der Waals surface area contributed by atoms with E-state index in [0.29, 0.717) is 18.7 Å². The van der Waals surface area contributed by atoms with Crippen molar-refractivity contribution in [2.45, 2.75) is 26.2 Å². The van der Waals surface area contributed by atoms with Crippen molar-refractivity contribution >= 4 is 22.7 Å². The number of aliphatic carboxylic acids is 1. The van der Waals surface area contributed by atoms with Crippen LogP contribution < -0.4 is 5.32 Å². The molecule has 0 aliphatic carbocycles. The largest absolute Gasteiger partial charge is 0.481 e. The summed E-state index contributed by atoms with van der Waals surface area (Å²) in [6.45, 7) is 2.23. The lowest BCUT2D eigenvalue weighted by Gasteiger charge is -2.08. The van der Waals surface area contributed by atoms with Crippen LogP contribution in [-0.4, -0.2) is 39.7 Å². The number of rotatable bonds is 8. The van der Waals surface area contributed by atoms with E-state index in [0.717, 1.165) is 0 Å². The maximum atomic E-state index is 11.3. The average molecular weight is 249 g/mol. The highest BCUT2D eigenvalue weighted by atomic mass is 32.2. The number of amides is 1. The van der Waals surface area contributed by atoms with E-state index in [1.54, 1.807) is 13.2 Å². The second-order valence-electron chi connectivity index (χ2n) is 3.89. The lowest BCUT2D eigenvalue weighted by molar-refractivity contribution is -0.138. The zero-order chi connectivity index (χ0) is 12.6. The third kappa shape index (κ3) is 9.64. The van der Waals surface area contributed by atoms with Crippen LogP contribution in [0.2, 0.25) is 0 Å². The molecule has 0 radical (unpaired) electrons. The van der Waals surface area contributed by atoms with Crippen LogP contribution in [0.15, 0.2) is 0 Å². The first-order valence-electron chi connectivity index (χ1n) is 5.20. The number of nitrogens with one attached hydrogen (secondary N) is 1. The summed E-state index contributed by atoms with van der Waals surface area (Å²) in [5, 5.41) is 11.2. The Balaban J connectivity index is 3.58. The fourth-order valence-corrected chi connectivity index (χ4v) is 1.81. The summed E-state index contributed by atoms with van der Waals surface area (Å²) in [5.74, 6) is -0.611. The molecule has 0 rings (SSSR count). The Morgan fingerprint density at radius 2 is 2.00 bits per heavy atom. The second kappa shape index (κ2) is 8.27. The van der Waals surface area contributed by atoms with Crippen LogP contribution in [0, 0.1) is 5.92 Å². The molecule has 0 fully saturated rings. The molecule has 2 atom stereocenters. The summed E-state index contributed by atoms with van der Waals surface area (Å²) >= 11 is 0. The summed E-state index contributed by atoms with van der Waals surface area (Å²) in [6, 6.07) is 0. The number of hydrogen-bond donors (Lipinski definition) is 2. The number of carboxylic acid groups (broad SMARTS) is 1. The van der Waals surface area contributed by atoms with Gasteiger partial charge in [0.15, 0.2) is 0 Å². The Bertz CT molecular complexity index is 268. The van der Waals surface area contributed by atoms with Gasteiger partial charge in [-0.25, -0.2) is 0 Å². The number of carbonyl (C=O) groups is 2. The Labute approximate surface area is 98.1 Å². The van der Waals surface area contributed by atoms with E-state index in [4.69, 9.17) is 5.11 Å². The van der Waals surface area contributed by atoms with E-state index in [1.165, 1.54) is 0 Å². The van der Waals surface area contributed by atoms with Crippen molar-refractivity contribution in [3.05, 3.63) is 0 Å². The molecule has 0 aromatic heterocycles. The van der Waals surface area contributed by atoms with Crippen molar-refractivity contribution < 1.29 is 18.9 Å². The van der Waals surface area contributed by atoms with Gasteiger partial charge in [0.2, 0.25) is 5.91 Å². The van der Waals surface area contributed by atoms with Gasteiger partial charge >= 0.3 is 5.97 Å². The minimum absolute atomic E-state index is 0.00635. The van der Waals surface area contributed by atoms with Gasteiger partial charge in [-0.05, 0) is 12.3 Å². The van der Waals surface area contributed by atoms with E-state index in [2.05, 4.69) is 5.32 Å². The van der Waals surface area contributed by atoms with Gasteiger partial charge < -0.3 is 10.4 Å². The maximum absolute atomic E-state index is 11.3. The van der Waals surface area contributed by atoms with Gasteiger partial charge in [-0.3, -0.25) is 13.8 Å². The topological polar surface area (TPSA) is 83.5 Å². The Morgan fingerprint density at radius 3 is 2.50 bits per heavy atom. The van der Waals surface area contributed by atoms with Gasteiger partial charge in [0, 0.05) is 42.2 Å². The molecule has 0 aliphatic rings. The highest BCUT2D eigenvalue weighted by Crippen LogP contribution is 2.06. The van der Waals surface area contributed by atoms with Crippen LogP contribution in [0.3, 0.4) is 0 Å². The molecule has 0 saturated heterocycles. The van der Waals surface area contributed by atoms with E-state index < -0.39 is 16.8 Å². The molecule has 5 nitrogen and oxygen atoms in total. The summed E-state index contributed by atoms with van der Waals surface area (Å²) in [6.07, 6.45) is 2.53. The van der Waals surface area contributed by atoms with Crippen molar-refractivity contribution in [1.29, 1.82) is 0 Å². The van der Waals surface area contributed by atoms with Crippen LogP contribution in [0.1, 0.15) is 26.2 Å². The van der Waals surface area contributed by atoms with Crippen LogP contribution in [0.4, 0.5) is 0 Å². The van der Waals surface area contributed by atoms with Crippen molar-refractivity contribution in [3.63, 3.8) is 0 Å². The van der Waals surface area contributed by atoms with Gasteiger partial charge in [0.1, 0.15) is 0 Å². The van der Waals surface area contributed by atoms with Crippen molar-refractivity contribution in [1.82, 2.24) is 5.32 Å². The van der Waals surface area contributed by atoms with Gasteiger partial charge in [-0.2, -0.15) is 0 Å². The molecule has 0 aliphatic heterocycles. The van der Waals surface area contributed by atoms with Crippen molar-refractivity contribution in [3.8, 4) is 0 Å². The first-order valence-corrected chi connectivity index (χ1v) is 6.93. The maximum Gasteiger partial charge on any atom is 0.303 e. The molecule has 0 spiro atoms. The van der Waals surface area contributed by atoms with Gasteiger partial charge in [0.25, 0.3) is 0 Å². The predicted molar refractivity (Wildman–Crippen MR) is 62.6 cm³/mol. The number of carbonyl (C=O) groups excluding carboxylic acids is 1. The molecule has 0 bridgehead atoms. The highest BCUT2D eigenvalue weighted by Gasteiger charge is 2.11. The molecule has 2 N–H and O–H groups in total. The lowest BCUT2D eigenvalue weighted by atomic mass is 10.0. The smallest absolute Gasteiger partial charge is 0.303 e. The quantitative estimate of drug-likeness (QED) is 0.609. The molecule has 0 aromatic carbocycles. The zero-order valence-electron chi connectivity index (χ0n) is 9.69. The molecule has 2 unspecified atom stereocenters. The molecule has 16 heavy (non-hydrogen) atoms. The third-order valence-electron chi connectivity index (χ3n) is 1.99. The number of carboxylic acids is 1. The molecule has 1 amide bonds. The third-order valence-corrected chi connectivity index (χ3v) is 2.85. The van der Waals surface area contributed by atoms with Gasteiger partial charge in [0.05, 0.1) is 0 Å². The predicted octanol–water partition coefficient (Wildman–Crippen LogP) is 0.372. The Morgan fingerprint density at radius 1 is 1.38 bits per heavy atom. The minimum Gasteiger partial charge on any atom is -0.481 e. The fourth-order valence-electron chi connectivity index (χ4n) is 1.26. The van der Waals surface area contributed by atoms with Gasteiger partial charge in [-0.15, -0.1) is 0 Å². The molecule has 0 heterocycles. The van der Waals surface area contributed by atoms with E-state index in [-0.39, 0.29) is 24.7 Å². The van der Waals surface area contributed by atoms with Crippen LogP contribution in [-0.2, 0) is 20.4 Å². The number of hydrogen-bond acceptors (Lipinski definition) is 3. The monoisotopic (exact) mass is 249 g/mol.